The second-order valence-corrected chi connectivity index (χ2v) is 7.47. The topological polar surface area (TPSA) is 94.9 Å². The SMILES string of the molecule is Cc1cc(C)c(S(=O)(=O)N2CC([C@@H](C)O)C2)cc1C(=O)O. The average molecular weight is 313 g/mol. The van der Waals surface area contributed by atoms with Crippen LogP contribution in [0.25, 0.3) is 0 Å². The number of sulfonamides is 1. The lowest BCUT2D eigenvalue weighted by Crippen LogP contribution is -2.53. The van der Waals surface area contributed by atoms with Crippen LogP contribution in [0.1, 0.15) is 28.4 Å². The van der Waals surface area contributed by atoms with Crippen LogP contribution in [0.4, 0.5) is 0 Å². The van der Waals surface area contributed by atoms with Crippen LogP contribution < -0.4 is 0 Å². The summed E-state index contributed by atoms with van der Waals surface area (Å²) >= 11 is 0. The lowest BCUT2D eigenvalue weighted by molar-refractivity contribution is 0.0499. The number of carboxylic acids is 1. The highest BCUT2D eigenvalue weighted by molar-refractivity contribution is 7.89. The summed E-state index contributed by atoms with van der Waals surface area (Å²) in [5, 5.41) is 18.6. The van der Waals surface area contributed by atoms with Crippen LogP contribution in [0.5, 0.6) is 0 Å². The summed E-state index contributed by atoms with van der Waals surface area (Å²) in [5.41, 5.74) is 1.05. The highest BCUT2D eigenvalue weighted by Crippen LogP contribution is 2.30. The summed E-state index contributed by atoms with van der Waals surface area (Å²) in [6, 6.07) is 2.79. The van der Waals surface area contributed by atoms with Gasteiger partial charge in [-0.1, -0.05) is 6.07 Å². The van der Waals surface area contributed by atoms with Crippen molar-refractivity contribution in [3.63, 3.8) is 0 Å². The molecular formula is C14H19NO5S. The molecule has 0 saturated carbocycles. The second kappa shape index (κ2) is 5.40. The van der Waals surface area contributed by atoms with Gasteiger partial charge in [0.1, 0.15) is 0 Å². The zero-order chi connectivity index (χ0) is 15.9. The third-order valence-electron chi connectivity index (χ3n) is 3.93. The number of rotatable bonds is 4. The zero-order valence-corrected chi connectivity index (χ0v) is 13.0. The fraction of sp³-hybridized carbons (Fsp3) is 0.500. The minimum absolute atomic E-state index is 0.00762. The van der Waals surface area contributed by atoms with E-state index >= 15 is 0 Å². The van der Waals surface area contributed by atoms with E-state index in [0.717, 1.165) is 0 Å². The van der Waals surface area contributed by atoms with Crippen LogP contribution in [0, 0.1) is 19.8 Å². The number of nitrogens with zero attached hydrogens (tertiary/aromatic N) is 1. The summed E-state index contributed by atoms with van der Waals surface area (Å²) in [4.78, 5) is 11.2. The molecule has 1 saturated heterocycles. The van der Waals surface area contributed by atoms with E-state index < -0.39 is 22.1 Å². The Morgan fingerprint density at radius 1 is 1.29 bits per heavy atom. The first-order valence-electron chi connectivity index (χ1n) is 6.67. The predicted octanol–water partition coefficient (Wildman–Crippen LogP) is 1.00. The van der Waals surface area contributed by atoms with E-state index in [1.807, 2.05) is 0 Å². The number of benzene rings is 1. The van der Waals surface area contributed by atoms with E-state index in [0.29, 0.717) is 11.1 Å². The molecule has 0 amide bonds. The van der Waals surface area contributed by atoms with Gasteiger partial charge in [-0.05, 0) is 38.0 Å². The van der Waals surface area contributed by atoms with Gasteiger partial charge < -0.3 is 10.2 Å². The molecule has 0 spiro atoms. The first-order valence-corrected chi connectivity index (χ1v) is 8.11. The van der Waals surface area contributed by atoms with E-state index in [2.05, 4.69) is 0 Å². The van der Waals surface area contributed by atoms with Gasteiger partial charge in [-0.3, -0.25) is 0 Å². The van der Waals surface area contributed by atoms with Crippen LogP contribution in [-0.2, 0) is 10.0 Å². The maximum atomic E-state index is 12.5. The van der Waals surface area contributed by atoms with E-state index in [4.69, 9.17) is 5.11 Å². The Hall–Kier alpha value is -1.44. The van der Waals surface area contributed by atoms with Crippen molar-refractivity contribution in [3.05, 3.63) is 28.8 Å². The van der Waals surface area contributed by atoms with E-state index in [9.17, 15) is 18.3 Å². The van der Waals surface area contributed by atoms with Gasteiger partial charge in [0.05, 0.1) is 16.6 Å². The molecule has 1 aromatic rings. The third kappa shape index (κ3) is 2.81. The van der Waals surface area contributed by atoms with Crippen molar-refractivity contribution in [2.45, 2.75) is 31.8 Å². The molecule has 116 valence electrons. The Bertz CT molecular complexity index is 675. The number of hydrogen-bond donors (Lipinski definition) is 2. The molecule has 2 N–H and O–H groups in total. The standard InChI is InChI=1S/C14H19NO5S/c1-8-4-9(2)13(5-12(8)14(17)18)21(19,20)15-6-11(7-15)10(3)16/h4-5,10-11,16H,6-7H2,1-3H3,(H,17,18)/t10-/m1/s1. The van der Waals surface area contributed by atoms with Crippen LogP contribution in [0.2, 0.25) is 0 Å². The predicted molar refractivity (Wildman–Crippen MR) is 76.8 cm³/mol. The Balaban J connectivity index is 2.38. The zero-order valence-electron chi connectivity index (χ0n) is 12.2. The van der Waals surface area contributed by atoms with E-state index in [-0.39, 0.29) is 29.5 Å². The van der Waals surface area contributed by atoms with Crippen LogP contribution in [0.3, 0.4) is 0 Å². The van der Waals surface area contributed by atoms with Crippen molar-refractivity contribution >= 4 is 16.0 Å². The monoisotopic (exact) mass is 313 g/mol. The van der Waals surface area contributed by atoms with Crippen molar-refractivity contribution < 1.29 is 23.4 Å². The number of aromatic carboxylic acids is 1. The Morgan fingerprint density at radius 3 is 2.33 bits per heavy atom. The van der Waals surface area contributed by atoms with Crippen LogP contribution in [-0.4, -0.2) is 48.1 Å². The summed E-state index contributed by atoms with van der Waals surface area (Å²) in [6.07, 6.45) is -0.551. The Morgan fingerprint density at radius 2 is 1.86 bits per heavy atom. The molecule has 0 aromatic heterocycles. The Kier molecular flexibility index (Phi) is 4.10. The molecule has 0 aliphatic carbocycles. The number of carboxylic acid groups (broad SMARTS) is 1. The molecule has 6 nitrogen and oxygen atoms in total. The van der Waals surface area contributed by atoms with Gasteiger partial charge in [0, 0.05) is 19.0 Å². The molecule has 0 unspecified atom stereocenters. The highest BCUT2D eigenvalue weighted by Gasteiger charge is 2.39. The molecule has 0 radical (unpaired) electrons. The van der Waals surface area contributed by atoms with Crippen molar-refractivity contribution in [1.82, 2.24) is 4.31 Å². The first-order chi connectivity index (χ1) is 9.64. The van der Waals surface area contributed by atoms with Crippen molar-refractivity contribution in [2.24, 2.45) is 5.92 Å². The smallest absolute Gasteiger partial charge is 0.335 e. The third-order valence-corrected chi connectivity index (χ3v) is 5.90. The van der Waals surface area contributed by atoms with E-state index in [1.54, 1.807) is 26.8 Å². The molecule has 1 fully saturated rings. The molecule has 1 aromatic carbocycles. The van der Waals surface area contributed by atoms with E-state index in [1.165, 1.54) is 10.4 Å². The van der Waals surface area contributed by atoms with Crippen LogP contribution >= 0.6 is 0 Å². The minimum Gasteiger partial charge on any atom is -0.478 e. The highest BCUT2D eigenvalue weighted by atomic mass is 32.2. The maximum Gasteiger partial charge on any atom is 0.335 e. The molecule has 7 heteroatoms. The molecule has 1 heterocycles. The molecular weight excluding hydrogens is 294 g/mol. The van der Waals surface area contributed by atoms with Gasteiger partial charge in [0.15, 0.2) is 0 Å². The van der Waals surface area contributed by atoms with Gasteiger partial charge in [0.25, 0.3) is 0 Å². The molecule has 1 aliphatic heterocycles. The number of hydrogen-bond acceptors (Lipinski definition) is 4. The molecule has 1 atom stereocenters. The minimum atomic E-state index is -3.71. The average Bonchev–Trinajstić information content (AvgIpc) is 2.24. The number of carbonyl (C=O) groups is 1. The fourth-order valence-corrected chi connectivity index (χ4v) is 4.24. The quantitative estimate of drug-likeness (QED) is 0.865. The van der Waals surface area contributed by atoms with Gasteiger partial charge in [-0.25, -0.2) is 13.2 Å². The molecule has 21 heavy (non-hydrogen) atoms. The maximum absolute atomic E-state index is 12.5. The lowest BCUT2D eigenvalue weighted by atomic mass is 9.98. The molecule has 2 rings (SSSR count). The van der Waals surface area contributed by atoms with Gasteiger partial charge >= 0.3 is 5.97 Å². The normalized spacial score (nSPS) is 18.3. The lowest BCUT2D eigenvalue weighted by Gasteiger charge is -2.39. The summed E-state index contributed by atoms with van der Waals surface area (Å²) in [5.74, 6) is -1.21. The van der Waals surface area contributed by atoms with Crippen molar-refractivity contribution in [3.8, 4) is 0 Å². The van der Waals surface area contributed by atoms with Crippen molar-refractivity contribution in [2.75, 3.05) is 13.1 Å². The molecule has 1 aliphatic rings. The summed E-state index contributed by atoms with van der Waals surface area (Å²) < 4.78 is 26.4. The van der Waals surface area contributed by atoms with Crippen molar-refractivity contribution in [1.29, 1.82) is 0 Å². The summed E-state index contributed by atoms with van der Waals surface area (Å²) in [6.45, 7) is 5.44. The first kappa shape index (κ1) is 15.9. The number of aryl methyl sites for hydroxylation is 2. The van der Waals surface area contributed by atoms with Gasteiger partial charge in [-0.15, -0.1) is 0 Å². The Labute approximate surface area is 124 Å². The number of aliphatic hydroxyl groups excluding tert-OH is 1. The second-order valence-electron chi connectivity index (χ2n) is 5.56. The van der Waals surface area contributed by atoms with Crippen LogP contribution in [0.15, 0.2) is 17.0 Å². The van der Waals surface area contributed by atoms with Gasteiger partial charge in [0.2, 0.25) is 10.0 Å². The largest absolute Gasteiger partial charge is 0.478 e. The summed E-state index contributed by atoms with van der Waals surface area (Å²) in [7, 11) is -3.71. The van der Waals surface area contributed by atoms with Gasteiger partial charge in [-0.2, -0.15) is 4.31 Å². The number of aliphatic hydroxyl groups is 1. The molecule has 0 bridgehead atoms. The fourth-order valence-electron chi connectivity index (χ4n) is 2.45.